The van der Waals surface area contributed by atoms with Crippen molar-refractivity contribution in [2.45, 2.75) is 37.9 Å². The fourth-order valence-corrected chi connectivity index (χ4v) is 4.84. The molecule has 1 fully saturated rings. The molecule has 0 unspecified atom stereocenters. The minimum Gasteiger partial charge on any atom is -0.373 e. The Labute approximate surface area is 170 Å². The molecule has 0 bridgehead atoms. The molecule has 1 heterocycles. The molecule has 1 aliphatic rings. The van der Waals surface area contributed by atoms with Crippen molar-refractivity contribution in [3.05, 3.63) is 59.7 Å². The number of hydrogen-bond donors (Lipinski definition) is 1. The number of morpholine rings is 1. The summed E-state index contributed by atoms with van der Waals surface area (Å²) in [5, 5.41) is 2.73. The number of benzene rings is 2. The third kappa shape index (κ3) is 4.90. The summed E-state index contributed by atoms with van der Waals surface area (Å²) < 4.78 is 32.8. The van der Waals surface area contributed by atoms with E-state index in [-0.39, 0.29) is 28.8 Å². The fourth-order valence-electron chi connectivity index (χ4n) is 3.25. The van der Waals surface area contributed by atoms with Crippen LogP contribution in [0.25, 0.3) is 0 Å². The normalized spacial score (nSPS) is 20.2. The number of ketones is 1. The Morgan fingerprint density at radius 2 is 1.45 bits per heavy atom. The molecular weight excluding hydrogens is 392 g/mol. The van der Waals surface area contributed by atoms with Crippen LogP contribution < -0.4 is 5.32 Å². The Bertz CT molecular complexity index is 990. The number of ether oxygens (including phenoxy) is 1. The minimum atomic E-state index is -3.65. The van der Waals surface area contributed by atoms with Crippen molar-refractivity contribution in [2.24, 2.45) is 0 Å². The summed E-state index contributed by atoms with van der Waals surface area (Å²) in [5.74, 6) is -0.415. The van der Waals surface area contributed by atoms with Crippen LogP contribution in [-0.4, -0.2) is 49.7 Å². The van der Waals surface area contributed by atoms with E-state index in [9.17, 15) is 18.0 Å². The molecule has 29 heavy (non-hydrogen) atoms. The van der Waals surface area contributed by atoms with E-state index < -0.39 is 10.0 Å². The molecule has 2 atom stereocenters. The molecule has 0 spiro atoms. The van der Waals surface area contributed by atoms with Crippen LogP contribution in [0.5, 0.6) is 0 Å². The van der Waals surface area contributed by atoms with E-state index in [4.69, 9.17) is 4.74 Å². The average molecular weight is 416 g/mol. The molecule has 1 saturated heterocycles. The van der Waals surface area contributed by atoms with Gasteiger partial charge in [0.2, 0.25) is 10.0 Å². The van der Waals surface area contributed by atoms with Crippen molar-refractivity contribution in [2.75, 3.05) is 18.4 Å². The lowest BCUT2D eigenvalue weighted by molar-refractivity contribution is -0.0440. The van der Waals surface area contributed by atoms with Crippen LogP contribution in [0, 0.1) is 0 Å². The third-order valence-corrected chi connectivity index (χ3v) is 6.54. The summed E-state index contributed by atoms with van der Waals surface area (Å²) in [7, 11) is -3.65. The molecule has 7 nitrogen and oxygen atoms in total. The maximum Gasteiger partial charge on any atom is 0.255 e. The first kappa shape index (κ1) is 21.2. The number of nitrogens with one attached hydrogen (secondary N) is 1. The first-order valence-electron chi connectivity index (χ1n) is 9.35. The van der Waals surface area contributed by atoms with Gasteiger partial charge >= 0.3 is 0 Å². The van der Waals surface area contributed by atoms with E-state index in [1.165, 1.54) is 35.5 Å². The standard InChI is InChI=1S/C21H24N2O5S/c1-14-12-23(13-15(2)28-14)29(26,27)20-10-6-18(7-11-20)21(25)22-19-8-4-17(5-9-19)16(3)24/h4-11,14-15H,12-13H2,1-3H3,(H,22,25)/t14-,15-/m0/s1. The fraction of sp³-hybridized carbons (Fsp3) is 0.333. The molecule has 0 radical (unpaired) electrons. The topological polar surface area (TPSA) is 92.8 Å². The second kappa shape index (κ2) is 8.44. The Kier molecular flexibility index (Phi) is 6.16. The van der Waals surface area contributed by atoms with Gasteiger partial charge in [-0.15, -0.1) is 0 Å². The number of hydrogen-bond acceptors (Lipinski definition) is 5. The second-order valence-electron chi connectivity index (χ2n) is 7.19. The van der Waals surface area contributed by atoms with Gasteiger partial charge in [0.15, 0.2) is 5.78 Å². The van der Waals surface area contributed by atoms with Crippen molar-refractivity contribution in [3.8, 4) is 0 Å². The van der Waals surface area contributed by atoms with Crippen molar-refractivity contribution < 1.29 is 22.7 Å². The number of sulfonamides is 1. The van der Waals surface area contributed by atoms with Gasteiger partial charge in [-0.3, -0.25) is 9.59 Å². The molecular formula is C21H24N2O5S. The molecule has 154 valence electrons. The number of rotatable bonds is 5. The predicted octanol–water partition coefficient (Wildman–Crippen LogP) is 2.94. The number of Topliss-reactive ketones (excluding diaryl/α,β-unsaturated/α-hetero) is 1. The van der Waals surface area contributed by atoms with Crippen LogP contribution in [0.3, 0.4) is 0 Å². The summed E-state index contributed by atoms with van der Waals surface area (Å²) in [4.78, 5) is 23.9. The lowest BCUT2D eigenvalue weighted by Gasteiger charge is -2.34. The van der Waals surface area contributed by atoms with Gasteiger partial charge in [0.05, 0.1) is 17.1 Å². The minimum absolute atomic E-state index is 0.0521. The molecule has 1 N–H and O–H groups in total. The number of amides is 1. The van der Waals surface area contributed by atoms with Crippen molar-refractivity contribution in [1.82, 2.24) is 4.31 Å². The molecule has 0 aliphatic carbocycles. The maximum atomic E-state index is 12.9. The van der Waals surface area contributed by atoms with Crippen molar-refractivity contribution in [1.29, 1.82) is 0 Å². The number of carbonyl (C=O) groups is 2. The highest BCUT2D eigenvalue weighted by Crippen LogP contribution is 2.22. The molecule has 2 aromatic carbocycles. The quantitative estimate of drug-likeness (QED) is 0.757. The number of nitrogens with zero attached hydrogens (tertiary/aromatic N) is 1. The lowest BCUT2D eigenvalue weighted by atomic mass is 10.1. The molecule has 1 aliphatic heterocycles. The zero-order chi connectivity index (χ0) is 21.2. The summed E-state index contributed by atoms with van der Waals surface area (Å²) >= 11 is 0. The highest BCUT2D eigenvalue weighted by Gasteiger charge is 2.32. The smallest absolute Gasteiger partial charge is 0.255 e. The summed E-state index contributed by atoms with van der Waals surface area (Å²) in [6.07, 6.45) is -0.346. The van der Waals surface area contributed by atoms with Gasteiger partial charge < -0.3 is 10.1 Å². The van der Waals surface area contributed by atoms with Gasteiger partial charge in [-0.05, 0) is 69.3 Å². The summed E-state index contributed by atoms with van der Waals surface area (Å²) in [6, 6.07) is 12.4. The van der Waals surface area contributed by atoms with Crippen LogP contribution in [-0.2, 0) is 14.8 Å². The molecule has 0 aromatic heterocycles. The average Bonchev–Trinajstić information content (AvgIpc) is 2.67. The van der Waals surface area contributed by atoms with E-state index in [0.717, 1.165) is 0 Å². The van der Waals surface area contributed by atoms with Crippen LogP contribution >= 0.6 is 0 Å². The maximum absolute atomic E-state index is 12.9. The highest BCUT2D eigenvalue weighted by molar-refractivity contribution is 7.89. The van der Waals surface area contributed by atoms with Crippen LogP contribution in [0.1, 0.15) is 41.5 Å². The zero-order valence-electron chi connectivity index (χ0n) is 16.6. The van der Waals surface area contributed by atoms with Crippen LogP contribution in [0.2, 0.25) is 0 Å². The van der Waals surface area contributed by atoms with Gasteiger partial charge in [-0.1, -0.05) is 0 Å². The first-order chi connectivity index (χ1) is 13.7. The first-order valence-corrected chi connectivity index (χ1v) is 10.8. The predicted molar refractivity (Wildman–Crippen MR) is 110 cm³/mol. The van der Waals surface area contributed by atoms with Gasteiger partial charge in [-0.25, -0.2) is 8.42 Å². The van der Waals surface area contributed by atoms with Crippen LogP contribution in [0.4, 0.5) is 5.69 Å². The lowest BCUT2D eigenvalue weighted by Crippen LogP contribution is -2.48. The van der Waals surface area contributed by atoms with Gasteiger partial charge in [-0.2, -0.15) is 4.31 Å². The third-order valence-electron chi connectivity index (χ3n) is 4.69. The summed E-state index contributed by atoms with van der Waals surface area (Å²) in [6.45, 7) is 5.75. The zero-order valence-corrected chi connectivity index (χ0v) is 17.4. The SMILES string of the molecule is CC(=O)c1ccc(NC(=O)c2ccc(S(=O)(=O)N3C[C@H](C)O[C@@H](C)C3)cc2)cc1. The van der Waals surface area contributed by atoms with Gasteiger partial charge in [0, 0.05) is 29.9 Å². The van der Waals surface area contributed by atoms with Crippen LogP contribution in [0.15, 0.2) is 53.4 Å². The summed E-state index contributed by atoms with van der Waals surface area (Å²) in [5.41, 5.74) is 1.45. The van der Waals surface area contributed by atoms with E-state index in [0.29, 0.717) is 29.9 Å². The largest absolute Gasteiger partial charge is 0.373 e. The van der Waals surface area contributed by atoms with E-state index in [1.807, 2.05) is 13.8 Å². The highest BCUT2D eigenvalue weighted by atomic mass is 32.2. The molecule has 0 saturated carbocycles. The molecule has 8 heteroatoms. The van der Waals surface area contributed by atoms with E-state index in [1.54, 1.807) is 24.3 Å². The Morgan fingerprint density at radius 3 is 1.97 bits per heavy atom. The number of carbonyl (C=O) groups excluding carboxylic acids is 2. The van der Waals surface area contributed by atoms with Crippen molar-refractivity contribution in [3.63, 3.8) is 0 Å². The van der Waals surface area contributed by atoms with E-state index >= 15 is 0 Å². The van der Waals surface area contributed by atoms with Gasteiger partial charge in [0.1, 0.15) is 0 Å². The van der Waals surface area contributed by atoms with Crippen molar-refractivity contribution >= 4 is 27.4 Å². The molecule has 2 aromatic rings. The van der Waals surface area contributed by atoms with E-state index in [2.05, 4.69) is 5.32 Å². The monoisotopic (exact) mass is 416 g/mol. The Balaban J connectivity index is 1.72. The number of anilines is 1. The molecule has 3 rings (SSSR count). The Hall–Kier alpha value is -2.55. The van der Waals surface area contributed by atoms with Gasteiger partial charge in [0.25, 0.3) is 5.91 Å². The second-order valence-corrected chi connectivity index (χ2v) is 9.13. The Morgan fingerprint density at radius 1 is 0.931 bits per heavy atom. The molecule has 1 amide bonds.